The number of hydrogen-bond donors (Lipinski definition) is 0. The van der Waals surface area contributed by atoms with E-state index in [4.69, 9.17) is 0 Å². The van der Waals surface area contributed by atoms with Gasteiger partial charge in [-0.3, -0.25) is 0 Å². The molecule has 4 rings (SSSR count). The first-order valence-electron chi connectivity index (χ1n) is 8.52. The Labute approximate surface area is 159 Å². The third-order valence-electron chi connectivity index (χ3n) is 4.88. The van der Waals surface area contributed by atoms with Crippen molar-refractivity contribution < 1.29 is 21.6 Å². The zero-order valence-electron chi connectivity index (χ0n) is 15.0. The lowest BCUT2D eigenvalue weighted by Crippen LogP contribution is -2.14. The zero-order valence-corrected chi connectivity index (χ0v) is 15.8. The van der Waals surface area contributed by atoms with Gasteiger partial charge in [0.1, 0.15) is 0 Å². The van der Waals surface area contributed by atoms with Crippen molar-refractivity contribution in [2.24, 2.45) is 0 Å². The van der Waals surface area contributed by atoms with E-state index in [0.717, 1.165) is 22.7 Å². The van der Waals surface area contributed by atoms with Crippen LogP contribution < -0.4 is 0 Å². The second-order valence-corrected chi connectivity index (χ2v) is 8.92. The van der Waals surface area contributed by atoms with Crippen LogP contribution in [0.15, 0.2) is 47.5 Å². The van der Waals surface area contributed by atoms with Crippen molar-refractivity contribution in [3.8, 4) is 17.1 Å². The molecule has 1 unspecified atom stereocenters. The van der Waals surface area contributed by atoms with Crippen molar-refractivity contribution in [1.29, 1.82) is 0 Å². The van der Waals surface area contributed by atoms with Crippen molar-refractivity contribution in [2.45, 2.75) is 30.3 Å². The number of sulfone groups is 1. The number of halogens is 3. The van der Waals surface area contributed by atoms with Crippen LogP contribution in [-0.2, 0) is 22.4 Å². The predicted molar refractivity (Wildman–Crippen MR) is 97.0 cm³/mol. The Morgan fingerprint density at radius 1 is 1.14 bits per heavy atom. The molecule has 0 spiro atoms. The van der Waals surface area contributed by atoms with E-state index in [0.29, 0.717) is 11.3 Å². The molecule has 0 fully saturated rings. The molecule has 0 N–H and O–H groups in total. The Kier molecular flexibility index (Phi) is 4.11. The van der Waals surface area contributed by atoms with E-state index in [1.54, 1.807) is 12.1 Å². The maximum atomic E-state index is 13.7. The zero-order chi connectivity index (χ0) is 20.3. The SMILES string of the molecule is CC1Cc2c(C(F)(F)F)nn(-c3ccc(S(C)(=O)=O)cn3)c2-c2ccccc21. The molecule has 0 amide bonds. The molecule has 0 bridgehead atoms. The van der Waals surface area contributed by atoms with E-state index < -0.39 is 21.7 Å². The van der Waals surface area contributed by atoms with Crippen molar-refractivity contribution in [2.75, 3.05) is 6.26 Å². The van der Waals surface area contributed by atoms with Crippen LogP contribution in [0.5, 0.6) is 0 Å². The summed E-state index contributed by atoms with van der Waals surface area (Å²) < 4.78 is 65.4. The van der Waals surface area contributed by atoms with Crippen molar-refractivity contribution in [1.82, 2.24) is 14.8 Å². The minimum Gasteiger partial charge on any atom is -0.236 e. The second kappa shape index (κ2) is 6.16. The van der Waals surface area contributed by atoms with Gasteiger partial charge in [0, 0.05) is 23.6 Å². The molecule has 2 heterocycles. The fourth-order valence-electron chi connectivity index (χ4n) is 3.59. The molecular weight excluding hydrogens is 391 g/mol. The first-order chi connectivity index (χ1) is 13.1. The highest BCUT2D eigenvalue weighted by Gasteiger charge is 2.42. The van der Waals surface area contributed by atoms with Crippen molar-refractivity contribution >= 4 is 9.84 Å². The lowest BCUT2D eigenvalue weighted by atomic mass is 9.82. The Bertz CT molecular complexity index is 1170. The minimum absolute atomic E-state index is 0.0117. The van der Waals surface area contributed by atoms with Crippen LogP contribution in [0.4, 0.5) is 13.2 Å². The summed E-state index contributed by atoms with van der Waals surface area (Å²) in [5.74, 6) is 0.0477. The predicted octanol–water partition coefficient (Wildman–Crippen LogP) is 4.02. The van der Waals surface area contributed by atoms with E-state index in [1.807, 2.05) is 19.1 Å². The van der Waals surface area contributed by atoms with Gasteiger partial charge in [-0.2, -0.15) is 18.3 Å². The highest BCUT2D eigenvalue weighted by Crippen LogP contribution is 2.45. The number of hydrogen-bond acceptors (Lipinski definition) is 4. The van der Waals surface area contributed by atoms with E-state index >= 15 is 0 Å². The molecule has 1 aliphatic carbocycles. The number of nitrogens with zero attached hydrogens (tertiary/aromatic N) is 3. The third-order valence-corrected chi connectivity index (χ3v) is 5.97. The van der Waals surface area contributed by atoms with Gasteiger partial charge in [0.25, 0.3) is 0 Å². The Morgan fingerprint density at radius 3 is 2.46 bits per heavy atom. The second-order valence-electron chi connectivity index (χ2n) is 6.90. The lowest BCUT2D eigenvalue weighted by molar-refractivity contribution is -0.142. The Morgan fingerprint density at radius 2 is 1.86 bits per heavy atom. The molecule has 0 aliphatic heterocycles. The van der Waals surface area contributed by atoms with E-state index in [2.05, 4.69) is 10.1 Å². The number of alkyl halides is 3. The number of rotatable bonds is 2. The molecule has 0 radical (unpaired) electrons. The summed E-state index contributed by atoms with van der Waals surface area (Å²) in [6.07, 6.45) is -2.22. The normalized spacial score (nSPS) is 16.5. The van der Waals surface area contributed by atoms with Crippen LogP contribution >= 0.6 is 0 Å². The summed E-state index contributed by atoms with van der Waals surface area (Å²) in [7, 11) is -3.47. The average molecular weight is 407 g/mol. The van der Waals surface area contributed by atoms with Crippen LogP contribution in [-0.4, -0.2) is 29.4 Å². The standard InChI is InChI=1S/C19H16F3N3O2S/c1-11-9-15-17(14-6-4-3-5-13(11)14)25(24-18(15)19(20,21)22)16-8-7-12(10-23-16)28(2,26)27/h3-8,10-11H,9H2,1-2H3. The average Bonchev–Trinajstić information content (AvgIpc) is 3.01. The Balaban J connectivity index is 1.98. The molecule has 146 valence electrons. The van der Waals surface area contributed by atoms with Crippen LogP contribution in [0.3, 0.4) is 0 Å². The van der Waals surface area contributed by atoms with Gasteiger partial charge < -0.3 is 0 Å². The Hall–Kier alpha value is -2.68. The maximum absolute atomic E-state index is 13.7. The lowest BCUT2D eigenvalue weighted by Gasteiger charge is -2.24. The van der Waals surface area contributed by atoms with Gasteiger partial charge in [0.2, 0.25) is 0 Å². The number of benzene rings is 1. The quantitative estimate of drug-likeness (QED) is 0.644. The molecular formula is C19H16F3N3O2S. The third kappa shape index (κ3) is 2.99. The monoisotopic (exact) mass is 407 g/mol. The van der Waals surface area contributed by atoms with Gasteiger partial charge in [0.05, 0.1) is 10.6 Å². The minimum atomic E-state index is -4.60. The van der Waals surface area contributed by atoms with Crippen molar-refractivity contribution in [3.05, 3.63) is 59.4 Å². The fourth-order valence-corrected chi connectivity index (χ4v) is 4.15. The first-order valence-corrected chi connectivity index (χ1v) is 10.4. The molecule has 0 saturated heterocycles. The van der Waals surface area contributed by atoms with Gasteiger partial charge in [-0.15, -0.1) is 0 Å². The smallest absolute Gasteiger partial charge is 0.236 e. The number of pyridine rings is 1. The summed E-state index contributed by atoms with van der Waals surface area (Å²) in [5.41, 5.74) is 1.16. The van der Waals surface area contributed by atoms with E-state index in [9.17, 15) is 21.6 Å². The van der Waals surface area contributed by atoms with Gasteiger partial charge in [-0.05, 0) is 30.0 Å². The van der Waals surface area contributed by atoms with Gasteiger partial charge in [0.15, 0.2) is 21.3 Å². The molecule has 1 atom stereocenters. The van der Waals surface area contributed by atoms with Gasteiger partial charge in [-0.1, -0.05) is 31.2 Å². The summed E-state index contributed by atoms with van der Waals surface area (Å²) >= 11 is 0. The van der Waals surface area contributed by atoms with Crippen LogP contribution in [0.1, 0.15) is 29.7 Å². The van der Waals surface area contributed by atoms with E-state index in [1.165, 1.54) is 12.1 Å². The molecule has 3 aromatic rings. The number of aromatic nitrogens is 3. The topological polar surface area (TPSA) is 64.8 Å². The molecule has 1 aliphatic rings. The molecule has 1 aromatic carbocycles. The van der Waals surface area contributed by atoms with Gasteiger partial charge in [-0.25, -0.2) is 18.1 Å². The van der Waals surface area contributed by atoms with Crippen LogP contribution in [0.2, 0.25) is 0 Å². The summed E-state index contributed by atoms with van der Waals surface area (Å²) in [5, 5.41) is 3.84. The summed E-state index contributed by atoms with van der Waals surface area (Å²) in [6.45, 7) is 1.89. The fraction of sp³-hybridized carbons (Fsp3) is 0.263. The summed E-state index contributed by atoms with van der Waals surface area (Å²) in [6, 6.07) is 9.97. The van der Waals surface area contributed by atoms with Gasteiger partial charge >= 0.3 is 6.18 Å². The van der Waals surface area contributed by atoms with Crippen LogP contribution in [0.25, 0.3) is 17.1 Å². The highest BCUT2D eigenvalue weighted by atomic mass is 32.2. The summed E-state index contributed by atoms with van der Waals surface area (Å²) in [4.78, 5) is 4.05. The molecule has 28 heavy (non-hydrogen) atoms. The molecule has 5 nitrogen and oxygen atoms in total. The van der Waals surface area contributed by atoms with E-state index in [-0.39, 0.29) is 28.6 Å². The van der Waals surface area contributed by atoms with Crippen molar-refractivity contribution in [3.63, 3.8) is 0 Å². The van der Waals surface area contributed by atoms with Crippen LogP contribution in [0, 0.1) is 0 Å². The molecule has 9 heteroatoms. The highest BCUT2D eigenvalue weighted by molar-refractivity contribution is 7.90. The first kappa shape index (κ1) is 18.7. The molecule has 2 aromatic heterocycles. The largest absolute Gasteiger partial charge is 0.435 e. The molecule has 0 saturated carbocycles. The number of fused-ring (bicyclic) bond motifs is 3. The maximum Gasteiger partial charge on any atom is 0.435 e.